The normalized spacial score (nSPS) is 15.0. The third kappa shape index (κ3) is 4.28. The van der Waals surface area contributed by atoms with E-state index in [1.807, 2.05) is 31.2 Å². The molecule has 1 aliphatic rings. The van der Waals surface area contributed by atoms with Gasteiger partial charge in [0.25, 0.3) is 5.91 Å². The Morgan fingerprint density at radius 1 is 1.10 bits per heavy atom. The van der Waals surface area contributed by atoms with Gasteiger partial charge < -0.3 is 19.1 Å². The van der Waals surface area contributed by atoms with E-state index in [2.05, 4.69) is 0 Å². The number of ether oxygens (including phenoxy) is 3. The van der Waals surface area contributed by atoms with Crippen molar-refractivity contribution in [2.24, 2.45) is 0 Å². The molecule has 0 aromatic heterocycles. The largest absolute Gasteiger partial charge is 0.497 e. The van der Waals surface area contributed by atoms with Gasteiger partial charge in [0.05, 0.1) is 26.5 Å². The van der Waals surface area contributed by atoms with Crippen LogP contribution in [0.25, 0.3) is 6.08 Å². The van der Waals surface area contributed by atoms with Gasteiger partial charge in [-0.25, -0.2) is 0 Å². The number of para-hydroxylation sites is 1. The highest BCUT2D eigenvalue weighted by Gasteiger charge is 2.40. The van der Waals surface area contributed by atoms with Gasteiger partial charge in [-0.05, 0) is 55.5 Å². The van der Waals surface area contributed by atoms with Crippen molar-refractivity contribution in [1.29, 1.82) is 0 Å². The molecule has 0 saturated carbocycles. The minimum atomic E-state index is -0.509. The Morgan fingerprint density at radius 3 is 2.43 bits per heavy atom. The van der Waals surface area contributed by atoms with Gasteiger partial charge in [0.15, 0.2) is 5.11 Å². The number of carbonyl (C=O) groups is 2. The van der Waals surface area contributed by atoms with Crippen LogP contribution in [-0.2, 0) is 14.3 Å². The van der Waals surface area contributed by atoms with Crippen LogP contribution >= 0.6 is 12.2 Å². The molecule has 0 spiro atoms. The molecule has 1 saturated heterocycles. The van der Waals surface area contributed by atoms with Gasteiger partial charge in [-0.1, -0.05) is 18.2 Å². The van der Waals surface area contributed by atoms with Crippen molar-refractivity contribution < 1.29 is 23.8 Å². The first kappa shape index (κ1) is 21.3. The van der Waals surface area contributed by atoms with Gasteiger partial charge in [0.2, 0.25) is 0 Å². The van der Waals surface area contributed by atoms with E-state index in [0.717, 1.165) is 0 Å². The number of benzene rings is 2. The summed E-state index contributed by atoms with van der Waals surface area (Å²) >= 11 is 5.55. The molecule has 3 rings (SSSR count). The van der Waals surface area contributed by atoms with Crippen molar-refractivity contribution >= 4 is 41.0 Å². The maximum Gasteiger partial charge on any atom is 0.325 e. The Labute approximate surface area is 180 Å². The molecule has 1 amide bonds. The SMILES string of the molecule is CCOc1ccccc1C=C1C(=O)N(c2ccc(OC)cc2)C(=S)N1CC(=O)OC. The third-order valence-corrected chi connectivity index (χ3v) is 4.89. The molecular formula is C22H22N2O5S. The van der Waals surface area contributed by atoms with Crippen molar-refractivity contribution in [3.05, 3.63) is 59.8 Å². The van der Waals surface area contributed by atoms with Gasteiger partial charge in [0, 0.05) is 5.56 Å². The zero-order valence-corrected chi connectivity index (χ0v) is 17.8. The lowest BCUT2D eigenvalue weighted by atomic mass is 10.1. The van der Waals surface area contributed by atoms with E-state index in [9.17, 15) is 9.59 Å². The lowest BCUT2D eigenvalue weighted by molar-refractivity contribution is -0.140. The quantitative estimate of drug-likeness (QED) is 0.382. The molecule has 8 heteroatoms. The van der Waals surface area contributed by atoms with Crippen LogP contribution in [-0.4, -0.2) is 49.3 Å². The van der Waals surface area contributed by atoms with Crippen molar-refractivity contribution in [3.63, 3.8) is 0 Å². The van der Waals surface area contributed by atoms with Crippen LogP contribution in [0.2, 0.25) is 0 Å². The molecule has 1 heterocycles. The molecular weight excluding hydrogens is 404 g/mol. The average Bonchev–Trinajstić information content (AvgIpc) is 2.99. The highest BCUT2D eigenvalue weighted by Crippen LogP contribution is 2.31. The van der Waals surface area contributed by atoms with E-state index in [0.29, 0.717) is 29.4 Å². The summed E-state index contributed by atoms with van der Waals surface area (Å²) in [6.07, 6.45) is 1.67. The number of anilines is 1. The highest BCUT2D eigenvalue weighted by molar-refractivity contribution is 7.80. The molecule has 2 aromatic rings. The predicted molar refractivity (Wildman–Crippen MR) is 117 cm³/mol. The fourth-order valence-corrected chi connectivity index (χ4v) is 3.37. The monoisotopic (exact) mass is 426 g/mol. The first-order valence-electron chi connectivity index (χ1n) is 9.30. The van der Waals surface area contributed by atoms with Crippen LogP contribution < -0.4 is 14.4 Å². The van der Waals surface area contributed by atoms with Crippen LogP contribution in [0.5, 0.6) is 11.5 Å². The summed E-state index contributed by atoms with van der Waals surface area (Å²) in [4.78, 5) is 28.2. The number of esters is 1. The van der Waals surface area contributed by atoms with Gasteiger partial charge >= 0.3 is 5.97 Å². The summed E-state index contributed by atoms with van der Waals surface area (Å²) in [5.74, 6) is 0.433. The van der Waals surface area contributed by atoms with Crippen LogP contribution in [0.3, 0.4) is 0 Å². The Kier molecular flexibility index (Phi) is 6.68. The van der Waals surface area contributed by atoms with E-state index >= 15 is 0 Å². The second-order valence-electron chi connectivity index (χ2n) is 6.28. The Morgan fingerprint density at radius 2 is 1.80 bits per heavy atom. The fraction of sp³-hybridized carbons (Fsp3) is 0.227. The Hall–Kier alpha value is -3.39. The second kappa shape index (κ2) is 9.41. The standard InChI is InChI=1S/C22H22N2O5S/c1-4-29-19-8-6-5-7-15(19)13-18-21(26)24(16-9-11-17(27-2)12-10-16)22(30)23(18)14-20(25)28-3/h5-13H,4,14H2,1-3H3. The highest BCUT2D eigenvalue weighted by atomic mass is 32.1. The molecule has 0 unspecified atom stereocenters. The Bertz CT molecular complexity index is 987. The number of hydrogen-bond acceptors (Lipinski definition) is 6. The first-order valence-corrected chi connectivity index (χ1v) is 9.71. The third-order valence-electron chi connectivity index (χ3n) is 4.49. The molecule has 1 fully saturated rings. The van der Waals surface area contributed by atoms with Gasteiger partial charge in [-0.2, -0.15) is 0 Å². The molecule has 0 N–H and O–H groups in total. The molecule has 7 nitrogen and oxygen atoms in total. The summed E-state index contributed by atoms with van der Waals surface area (Å²) < 4.78 is 15.6. The maximum absolute atomic E-state index is 13.3. The molecule has 0 aliphatic carbocycles. The van der Waals surface area contributed by atoms with E-state index in [1.54, 1.807) is 37.5 Å². The van der Waals surface area contributed by atoms with E-state index in [4.69, 9.17) is 26.4 Å². The predicted octanol–water partition coefficient (Wildman–Crippen LogP) is 3.24. The summed E-state index contributed by atoms with van der Waals surface area (Å²) in [6, 6.07) is 14.3. The number of nitrogens with zero attached hydrogens (tertiary/aromatic N) is 2. The average molecular weight is 426 g/mol. The number of hydrogen-bond donors (Lipinski definition) is 0. The summed E-state index contributed by atoms with van der Waals surface area (Å²) in [6.45, 7) is 2.18. The molecule has 156 valence electrons. The smallest absolute Gasteiger partial charge is 0.325 e. The lowest BCUT2D eigenvalue weighted by Crippen LogP contribution is -2.35. The molecule has 0 bridgehead atoms. The molecule has 2 aromatic carbocycles. The van der Waals surface area contributed by atoms with Gasteiger partial charge in [-0.3, -0.25) is 14.5 Å². The van der Waals surface area contributed by atoms with Gasteiger partial charge in [0.1, 0.15) is 23.7 Å². The summed E-state index contributed by atoms with van der Waals surface area (Å²) in [5.41, 5.74) is 1.53. The maximum atomic E-state index is 13.3. The summed E-state index contributed by atoms with van der Waals surface area (Å²) in [7, 11) is 2.85. The Balaban J connectivity index is 2.05. The zero-order chi connectivity index (χ0) is 21.7. The first-order chi connectivity index (χ1) is 14.5. The summed E-state index contributed by atoms with van der Waals surface area (Å²) in [5, 5.41) is 0.190. The number of methoxy groups -OCH3 is 2. The minimum Gasteiger partial charge on any atom is -0.497 e. The number of thiocarbonyl (C=S) groups is 1. The molecule has 1 aliphatic heterocycles. The van der Waals surface area contributed by atoms with Crippen molar-refractivity contribution in [2.75, 3.05) is 32.3 Å². The van der Waals surface area contributed by atoms with E-state index in [-0.39, 0.29) is 23.3 Å². The van der Waals surface area contributed by atoms with Crippen molar-refractivity contribution in [2.45, 2.75) is 6.92 Å². The zero-order valence-electron chi connectivity index (χ0n) is 17.0. The number of amides is 1. The van der Waals surface area contributed by atoms with Crippen LogP contribution in [0.15, 0.2) is 54.2 Å². The molecule has 0 radical (unpaired) electrons. The number of rotatable bonds is 7. The van der Waals surface area contributed by atoms with Crippen molar-refractivity contribution in [1.82, 2.24) is 4.90 Å². The number of carbonyl (C=O) groups excluding carboxylic acids is 2. The van der Waals surface area contributed by atoms with Crippen molar-refractivity contribution in [3.8, 4) is 11.5 Å². The van der Waals surface area contributed by atoms with E-state index < -0.39 is 5.97 Å². The molecule has 30 heavy (non-hydrogen) atoms. The van der Waals surface area contributed by atoms with E-state index in [1.165, 1.54) is 16.9 Å². The van der Waals surface area contributed by atoms with Gasteiger partial charge in [-0.15, -0.1) is 0 Å². The molecule has 0 atom stereocenters. The minimum absolute atomic E-state index is 0.184. The lowest BCUT2D eigenvalue weighted by Gasteiger charge is -2.19. The second-order valence-corrected chi connectivity index (χ2v) is 6.65. The van der Waals surface area contributed by atoms with Crippen LogP contribution in [0, 0.1) is 0 Å². The topological polar surface area (TPSA) is 68.3 Å². The van der Waals surface area contributed by atoms with Crippen LogP contribution in [0.1, 0.15) is 12.5 Å². The van der Waals surface area contributed by atoms with Crippen LogP contribution in [0.4, 0.5) is 5.69 Å². The fourth-order valence-electron chi connectivity index (χ4n) is 3.02.